The van der Waals surface area contributed by atoms with Crippen molar-refractivity contribution < 1.29 is 9.59 Å². The third-order valence-corrected chi connectivity index (χ3v) is 6.56. The van der Waals surface area contributed by atoms with Crippen molar-refractivity contribution in [3.63, 3.8) is 0 Å². The van der Waals surface area contributed by atoms with Crippen LogP contribution < -0.4 is 4.90 Å². The molecule has 33 heavy (non-hydrogen) atoms. The molecule has 2 aliphatic heterocycles. The van der Waals surface area contributed by atoms with Gasteiger partial charge in [0.25, 0.3) is 11.8 Å². The topological polar surface area (TPSA) is 61.7 Å². The molecule has 3 aromatic rings. The Bertz CT molecular complexity index is 1200. The van der Waals surface area contributed by atoms with Crippen molar-refractivity contribution >= 4 is 40.7 Å². The molecule has 0 N–H and O–H groups in total. The van der Waals surface area contributed by atoms with Gasteiger partial charge in [-0.25, -0.2) is 0 Å². The van der Waals surface area contributed by atoms with Crippen molar-refractivity contribution in [2.24, 2.45) is 0 Å². The average molecular weight is 484 g/mol. The minimum atomic E-state index is -0.142. The molecule has 170 valence electrons. The lowest BCUT2D eigenvalue weighted by Gasteiger charge is -2.35. The molecule has 0 aliphatic carbocycles. The minimum absolute atomic E-state index is 0.126. The van der Waals surface area contributed by atoms with Crippen molar-refractivity contribution in [1.82, 2.24) is 19.6 Å². The molecule has 1 saturated heterocycles. The fraction of sp³-hybridized carbons (Fsp3) is 0.292. The minimum Gasteiger partial charge on any atom is -0.368 e. The van der Waals surface area contributed by atoms with Gasteiger partial charge in [-0.1, -0.05) is 41.4 Å². The number of hydrogen-bond donors (Lipinski definition) is 0. The molecule has 0 saturated carbocycles. The fourth-order valence-electron chi connectivity index (χ4n) is 4.35. The van der Waals surface area contributed by atoms with E-state index < -0.39 is 0 Å². The molecular formula is C24H23Cl2N5O2. The number of anilines is 1. The second-order valence-electron chi connectivity index (χ2n) is 8.25. The molecule has 2 aromatic carbocycles. The molecule has 2 aliphatic rings. The lowest BCUT2D eigenvalue weighted by Crippen LogP contribution is -2.48. The molecule has 0 bridgehead atoms. The van der Waals surface area contributed by atoms with Crippen LogP contribution in [0.1, 0.15) is 26.5 Å². The molecule has 5 rings (SSSR count). The van der Waals surface area contributed by atoms with Crippen LogP contribution in [0.15, 0.2) is 54.6 Å². The maximum atomic E-state index is 13.1. The van der Waals surface area contributed by atoms with E-state index in [1.54, 1.807) is 20.5 Å². The maximum absolute atomic E-state index is 13.1. The third kappa shape index (κ3) is 4.56. The summed E-state index contributed by atoms with van der Waals surface area (Å²) in [5, 5.41) is 5.79. The van der Waals surface area contributed by atoms with Crippen molar-refractivity contribution in [3.05, 3.63) is 81.6 Å². The Hall–Kier alpha value is -3.03. The first-order valence-electron chi connectivity index (χ1n) is 10.9. The Morgan fingerprint density at radius 3 is 2.33 bits per heavy atom. The molecular weight excluding hydrogens is 461 g/mol. The molecule has 0 spiro atoms. The number of nitrogens with zero attached hydrogens (tertiary/aromatic N) is 5. The van der Waals surface area contributed by atoms with Gasteiger partial charge in [0, 0.05) is 61.1 Å². The first-order chi connectivity index (χ1) is 16.0. The number of carbonyl (C=O) groups is 2. The SMILES string of the molecule is O=C(c1cc2n(n1)CCN(Cc1cccc(Cl)c1)C2=O)N1CCN(c2cccc(Cl)c2)CC1. The van der Waals surface area contributed by atoms with Gasteiger partial charge in [-0.2, -0.15) is 5.10 Å². The number of piperazine rings is 1. The van der Waals surface area contributed by atoms with Gasteiger partial charge >= 0.3 is 0 Å². The predicted octanol–water partition coefficient (Wildman–Crippen LogP) is 3.81. The number of amides is 2. The van der Waals surface area contributed by atoms with Gasteiger partial charge in [0.1, 0.15) is 5.69 Å². The highest BCUT2D eigenvalue weighted by Gasteiger charge is 2.30. The number of fused-ring (bicyclic) bond motifs is 1. The molecule has 2 amide bonds. The van der Waals surface area contributed by atoms with E-state index in [1.807, 2.05) is 48.5 Å². The predicted molar refractivity (Wildman–Crippen MR) is 128 cm³/mol. The summed E-state index contributed by atoms with van der Waals surface area (Å²) >= 11 is 12.2. The molecule has 1 fully saturated rings. The Morgan fingerprint density at radius 1 is 0.879 bits per heavy atom. The summed E-state index contributed by atoms with van der Waals surface area (Å²) in [5.41, 5.74) is 2.79. The van der Waals surface area contributed by atoms with Gasteiger partial charge in [-0.3, -0.25) is 14.3 Å². The fourth-order valence-corrected chi connectivity index (χ4v) is 4.75. The normalized spacial score (nSPS) is 16.2. The largest absolute Gasteiger partial charge is 0.368 e. The van der Waals surface area contributed by atoms with Crippen molar-refractivity contribution in [2.75, 3.05) is 37.6 Å². The second kappa shape index (κ2) is 9.08. The van der Waals surface area contributed by atoms with E-state index in [0.29, 0.717) is 67.2 Å². The average Bonchev–Trinajstić information content (AvgIpc) is 3.26. The van der Waals surface area contributed by atoms with Gasteiger partial charge in [0.05, 0.1) is 6.54 Å². The van der Waals surface area contributed by atoms with Gasteiger partial charge in [-0.05, 0) is 35.9 Å². The second-order valence-corrected chi connectivity index (χ2v) is 9.13. The number of aromatic nitrogens is 2. The number of halogens is 2. The van der Waals surface area contributed by atoms with E-state index in [9.17, 15) is 9.59 Å². The van der Waals surface area contributed by atoms with Crippen LogP contribution in [-0.4, -0.2) is 64.1 Å². The molecule has 0 atom stereocenters. The molecule has 0 radical (unpaired) electrons. The van der Waals surface area contributed by atoms with Crippen molar-refractivity contribution in [2.45, 2.75) is 13.1 Å². The summed E-state index contributed by atoms with van der Waals surface area (Å²) in [5.74, 6) is -0.268. The number of carbonyl (C=O) groups excluding carboxylic acids is 2. The number of rotatable bonds is 4. The highest BCUT2D eigenvalue weighted by molar-refractivity contribution is 6.31. The molecule has 7 nitrogen and oxygen atoms in total. The van der Waals surface area contributed by atoms with Crippen LogP contribution in [0.2, 0.25) is 10.0 Å². The van der Waals surface area contributed by atoms with Gasteiger partial charge in [-0.15, -0.1) is 0 Å². The van der Waals surface area contributed by atoms with Crippen LogP contribution in [0.25, 0.3) is 0 Å². The summed E-state index contributed by atoms with van der Waals surface area (Å²) in [6.45, 7) is 4.16. The lowest BCUT2D eigenvalue weighted by molar-refractivity contribution is 0.0680. The lowest BCUT2D eigenvalue weighted by atomic mass is 10.2. The van der Waals surface area contributed by atoms with Crippen LogP contribution in [0.4, 0.5) is 5.69 Å². The first kappa shape index (κ1) is 21.8. The van der Waals surface area contributed by atoms with Gasteiger partial charge in [0.15, 0.2) is 5.69 Å². The van der Waals surface area contributed by atoms with E-state index >= 15 is 0 Å². The first-order valence-corrected chi connectivity index (χ1v) is 11.6. The van der Waals surface area contributed by atoms with E-state index in [1.165, 1.54) is 0 Å². The number of benzene rings is 2. The smallest absolute Gasteiger partial charge is 0.274 e. The molecule has 9 heteroatoms. The summed E-state index contributed by atoms with van der Waals surface area (Å²) < 4.78 is 1.65. The summed E-state index contributed by atoms with van der Waals surface area (Å²) in [7, 11) is 0. The van der Waals surface area contributed by atoms with Crippen molar-refractivity contribution in [3.8, 4) is 0 Å². The van der Waals surface area contributed by atoms with Gasteiger partial charge < -0.3 is 14.7 Å². The van der Waals surface area contributed by atoms with Crippen LogP contribution in [-0.2, 0) is 13.1 Å². The zero-order valence-electron chi connectivity index (χ0n) is 18.0. The maximum Gasteiger partial charge on any atom is 0.274 e. The number of hydrogen-bond acceptors (Lipinski definition) is 4. The molecule has 3 heterocycles. The monoisotopic (exact) mass is 483 g/mol. The third-order valence-electron chi connectivity index (χ3n) is 6.09. The highest BCUT2D eigenvalue weighted by Crippen LogP contribution is 2.22. The molecule has 0 unspecified atom stereocenters. The van der Waals surface area contributed by atoms with Crippen LogP contribution in [0.3, 0.4) is 0 Å². The standard InChI is InChI=1S/C24H23Cl2N5O2/c25-18-4-1-3-17(13-18)16-30-11-12-31-22(24(30)33)15-21(27-31)23(32)29-9-7-28(8-10-29)20-6-2-5-19(26)14-20/h1-6,13-15H,7-12,16H2. The summed E-state index contributed by atoms with van der Waals surface area (Å²) in [6.07, 6.45) is 0. The van der Waals surface area contributed by atoms with E-state index in [0.717, 1.165) is 11.3 Å². The van der Waals surface area contributed by atoms with E-state index in [4.69, 9.17) is 23.2 Å². The summed E-state index contributed by atoms with van der Waals surface area (Å²) in [4.78, 5) is 31.9. The highest BCUT2D eigenvalue weighted by atomic mass is 35.5. The van der Waals surface area contributed by atoms with Crippen LogP contribution in [0, 0.1) is 0 Å². The Morgan fingerprint density at radius 2 is 1.61 bits per heavy atom. The van der Waals surface area contributed by atoms with Crippen LogP contribution in [0.5, 0.6) is 0 Å². The summed E-state index contributed by atoms with van der Waals surface area (Å²) in [6, 6.07) is 16.8. The van der Waals surface area contributed by atoms with Crippen molar-refractivity contribution in [1.29, 1.82) is 0 Å². The van der Waals surface area contributed by atoms with E-state index in [2.05, 4.69) is 10.00 Å². The quantitative estimate of drug-likeness (QED) is 0.565. The van der Waals surface area contributed by atoms with E-state index in [-0.39, 0.29) is 11.8 Å². The zero-order chi connectivity index (χ0) is 22.9. The Labute approximate surface area is 202 Å². The Kier molecular flexibility index (Phi) is 6.00. The van der Waals surface area contributed by atoms with Crippen LogP contribution >= 0.6 is 23.2 Å². The molecule has 1 aromatic heterocycles. The zero-order valence-corrected chi connectivity index (χ0v) is 19.5. The van der Waals surface area contributed by atoms with Gasteiger partial charge in [0.2, 0.25) is 0 Å². The Balaban J connectivity index is 1.25.